The summed E-state index contributed by atoms with van der Waals surface area (Å²) < 4.78 is 22.0. The molecule has 0 radical (unpaired) electrons. The number of nitrogens with two attached hydrogens (primary N) is 1. The number of benzene rings is 2. The molecule has 0 aliphatic carbocycles. The van der Waals surface area contributed by atoms with Crippen molar-refractivity contribution in [3.05, 3.63) is 65.2 Å². The standard InChI is InChI=1S/C15H18N2O2S/c1-12-2-4-13(5-3-12)10-17-15-8-6-14(7-9-15)11-20(16,18)19/h2-9,17H,10-11H2,1H3,(H2,16,18,19). The third-order valence-corrected chi connectivity index (χ3v) is 3.67. The number of sulfonamides is 1. The molecule has 0 heterocycles. The number of anilines is 1. The molecule has 0 aliphatic heterocycles. The maximum absolute atomic E-state index is 11.0. The Morgan fingerprint density at radius 2 is 1.50 bits per heavy atom. The zero-order chi connectivity index (χ0) is 14.6. The normalized spacial score (nSPS) is 11.3. The first-order valence-electron chi connectivity index (χ1n) is 6.31. The van der Waals surface area contributed by atoms with Gasteiger partial charge in [0.15, 0.2) is 0 Å². The van der Waals surface area contributed by atoms with Gasteiger partial charge in [-0.2, -0.15) is 0 Å². The summed E-state index contributed by atoms with van der Waals surface area (Å²) in [5.74, 6) is -0.134. The lowest BCUT2D eigenvalue weighted by Crippen LogP contribution is -2.14. The zero-order valence-electron chi connectivity index (χ0n) is 11.3. The molecule has 20 heavy (non-hydrogen) atoms. The predicted octanol–water partition coefficient (Wildman–Crippen LogP) is 2.40. The van der Waals surface area contributed by atoms with Crippen LogP contribution in [0.1, 0.15) is 16.7 Å². The summed E-state index contributed by atoms with van der Waals surface area (Å²) in [5.41, 5.74) is 4.07. The van der Waals surface area contributed by atoms with Crippen LogP contribution in [0.2, 0.25) is 0 Å². The first-order valence-corrected chi connectivity index (χ1v) is 8.03. The molecule has 2 rings (SSSR count). The summed E-state index contributed by atoms with van der Waals surface area (Å²) in [7, 11) is -3.47. The molecule has 5 heteroatoms. The maximum atomic E-state index is 11.0. The first kappa shape index (κ1) is 14.6. The minimum atomic E-state index is -3.47. The summed E-state index contributed by atoms with van der Waals surface area (Å²) in [6.45, 7) is 2.79. The van der Waals surface area contributed by atoms with E-state index in [1.807, 2.05) is 12.1 Å². The zero-order valence-corrected chi connectivity index (χ0v) is 12.2. The van der Waals surface area contributed by atoms with E-state index in [1.54, 1.807) is 12.1 Å². The maximum Gasteiger partial charge on any atom is 0.213 e. The van der Waals surface area contributed by atoms with E-state index in [1.165, 1.54) is 11.1 Å². The molecule has 0 bridgehead atoms. The van der Waals surface area contributed by atoms with Crippen LogP contribution in [0.5, 0.6) is 0 Å². The minimum absolute atomic E-state index is 0.134. The van der Waals surface area contributed by atoms with Crippen molar-refractivity contribution in [2.24, 2.45) is 5.14 Å². The molecule has 106 valence electrons. The van der Waals surface area contributed by atoms with Gasteiger partial charge in [-0.1, -0.05) is 42.0 Å². The average molecular weight is 290 g/mol. The van der Waals surface area contributed by atoms with Crippen LogP contribution in [-0.4, -0.2) is 8.42 Å². The predicted molar refractivity (Wildman–Crippen MR) is 81.8 cm³/mol. The highest BCUT2D eigenvalue weighted by Gasteiger charge is 2.04. The van der Waals surface area contributed by atoms with E-state index >= 15 is 0 Å². The van der Waals surface area contributed by atoms with Crippen LogP contribution in [0.3, 0.4) is 0 Å². The van der Waals surface area contributed by atoms with Crippen LogP contribution >= 0.6 is 0 Å². The van der Waals surface area contributed by atoms with E-state index < -0.39 is 10.0 Å². The van der Waals surface area contributed by atoms with E-state index in [4.69, 9.17) is 5.14 Å². The summed E-state index contributed by atoms with van der Waals surface area (Å²) in [5, 5.41) is 8.30. The van der Waals surface area contributed by atoms with Gasteiger partial charge < -0.3 is 5.32 Å². The van der Waals surface area contributed by atoms with Gasteiger partial charge in [-0.15, -0.1) is 0 Å². The molecule has 0 atom stereocenters. The van der Waals surface area contributed by atoms with Crippen LogP contribution in [0, 0.1) is 6.92 Å². The lowest BCUT2D eigenvalue weighted by atomic mass is 10.1. The molecule has 0 spiro atoms. The van der Waals surface area contributed by atoms with Crippen molar-refractivity contribution in [3.8, 4) is 0 Å². The van der Waals surface area contributed by atoms with Crippen molar-refractivity contribution in [1.82, 2.24) is 0 Å². The second-order valence-electron chi connectivity index (χ2n) is 4.84. The van der Waals surface area contributed by atoms with E-state index in [2.05, 4.69) is 36.5 Å². The van der Waals surface area contributed by atoms with Crippen LogP contribution in [0.25, 0.3) is 0 Å². The van der Waals surface area contributed by atoms with Crippen LogP contribution in [0.15, 0.2) is 48.5 Å². The lowest BCUT2D eigenvalue weighted by Gasteiger charge is -2.08. The fraction of sp³-hybridized carbons (Fsp3) is 0.200. The van der Waals surface area contributed by atoms with Gasteiger partial charge in [0, 0.05) is 12.2 Å². The van der Waals surface area contributed by atoms with Crippen molar-refractivity contribution in [1.29, 1.82) is 0 Å². The summed E-state index contributed by atoms with van der Waals surface area (Å²) in [4.78, 5) is 0. The molecule has 0 unspecified atom stereocenters. The Bertz CT molecular complexity index is 662. The molecule has 0 aliphatic rings. The fourth-order valence-corrected chi connectivity index (χ4v) is 2.52. The highest BCUT2D eigenvalue weighted by atomic mass is 32.2. The van der Waals surface area contributed by atoms with Crippen molar-refractivity contribution in [3.63, 3.8) is 0 Å². The Balaban J connectivity index is 1.95. The third kappa shape index (κ3) is 4.68. The number of hydrogen-bond donors (Lipinski definition) is 2. The summed E-state index contributed by atoms with van der Waals surface area (Å²) >= 11 is 0. The summed E-state index contributed by atoms with van der Waals surface area (Å²) in [6, 6.07) is 15.6. The monoisotopic (exact) mass is 290 g/mol. The SMILES string of the molecule is Cc1ccc(CNc2ccc(CS(N)(=O)=O)cc2)cc1. The average Bonchev–Trinajstić information content (AvgIpc) is 2.38. The number of rotatable bonds is 5. The molecule has 0 saturated heterocycles. The number of primary sulfonamides is 1. The molecule has 2 aromatic rings. The molecule has 2 aromatic carbocycles. The van der Waals surface area contributed by atoms with E-state index in [0.717, 1.165) is 12.2 Å². The van der Waals surface area contributed by atoms with Crippen molar-refractivity contribution in [2.75, 3.05) is 5.32 Å². The molecule has 3 N–H and O–H groups in total. The third-order valence-electron chi connectivity index (χ3n) is 2.94. The smallest absolute Gasteiger partial charge is 0.213 e. The van der Waals surface area contributed by atoms with E-state index in [9.17, 15) is 8.42 Å². The van der Waals surface area contributed by atoms with E-state index in [0.29, 0.717) is 5.56 Å². The van der Waals surface area contributed by atoms with Crippen molar-refractivity contribution >= 4 is 15.7 Å². The fourth-order valence-electron chi connectivity index (χ4n) is 1.86. The first-order chi connectivity index (χ1) is 9.42. The Hall–Kier alpha value is -1.85. The molecule has 0 aromatic heterocycles. The minimum Gasteiger partial charge on any atom is -0.381 e. The Morgan fingerprint density at radius 3 is 2.05 bits per heavy atom. The van der Waals surface area contributed by atoms with Gasteiger partial charge in [0.1, 0.15) is 0 Å². The molecular weight excluding hydrogens is 272 g/mol. The van der Waals surface area contributed by atoms with E-state index in [-0.39, 0.29) is 5.75 Å². The van der Waals surface area contributed by atoms with Gasteiger partial charge in [-0.25, -0.2) is 13.6 Å². The molecule has 0 fully saturated rings. The number of nitrogens with one attached hydrogen (secondary N) is 1. The van der Waals surface area contributed by atoms with Crippen LogP contribution < -0.4 is 10.5 Å². The topological polar surface area (TPSA) is 72.2 Å². The van der Waals surface area contributed by atoms with Crippen LogP contribution in [0.4, 0.5) is 5.69 Å². The highest BCUT2D eigenvalue weighted by molar-refractivity contribution is 7.88. The van der Waals surface area contributed by atoms with Gasteiger partial charge in [-0.3, -0.25) is 0 Å². The van der Waals surface area contributed by atoms with Crippen LogP contribution in [-0.2, 0) is 22.3 Å². The Labute approximate surface area is 119 Å². The van der Waals surface area contributed by atoms with Gasteiger partial charge in [0.05, 0.1) is 5.75 Å². The summed E-state index contributed by atoms with van der Waals surface area (Å²) in [6.07, 6.45) is 0. The van der Waals surface area contributed by atoms with Gasteiger partial charge >= 0.3 is 0 Å². The molecule has 0 saturated carbocycles. The number of aryl methyl sites for hydroxylation is 1. The largest absolute Gasteiger partial charge is 0.381 e. The molecular formula is C15H18N2O2S. The van der Waals surface area contributed by atoms with Crippen molar-refractivity contribution in [2.45, 2.75) is 19.2 Å². The number of hydrogen-bond acceptors (Lipinski definition) is 3. The second kappa shape index (κ2) is 6.07. The Morgan fingerprint density at radius 1 is 0.950 bits per heavy atom. The molecule has 0 amide bonds. The van der Waals surface area contributed by atoms with Gasteiger partial charge in [0.2, 0.25) is 10.0 Å². The van der Waals surface area contributed by atoms with Gasteiger partial charge in [-0.05, 0) is 30.2 Å². The van der Waals surface area contributed by atoms with Gasteiger partial charge in [0.25, 0.3) is 0 Å². The second-order valence-corrected chi connectivity index (χ2v) is 6.46. The molecule has 4 nitrogen and oxygen atoms in total. The quantitative estimate of drug-likeness (QED) is 0.888. The Kier molecular flexibility index (Phi) is 4.42. The van der Waals surface area contributed by atoms with Crippen molar-refractivity contribution < 1.29 is 8.42 Å². The highest BCUT2D eigenvalue weighted by Crippen LogP contribution is 2.13. The lowest BCUT2D eigenvalue weighted by molar-refractivity contribution is 0.597.